The Balaban J connectivity index is 1.76. The first-order valence-electron chi connectivity index (χ1n) is 7.38. The number of fused-ring (bicyclic) bond motifs is 1. The van der Waals surface area contributed by atoms with Crippen LogP contribution >= 0.6 is 0 Å². The van der Waals surface area contributed by atoms with Gasteiger partial charge in [0.05, 0.1) is 20.3 Å². The van der Waals surface area contributed by atoms with E-state index < -0.39 is 8.07 Å². The van der Waals surface area contributed by atoms with E-state index in [0.29, 0.717) is 12.2 Å². The monoisotopic (exact) mass is 240 g/mol. The van der Waals surface area contributed by atoms with Crippen molar-refractivity contribution in [1.29, 1.82) is 0 Å². The summed E-state index contributed by atoms with van der Waals surface area (Å²) in [7, 11) is -0.851. The zero-order valence-electron chi connectivity index (χ0n) is 11.3. The molecular weight excluding hydrogens is 212 g/mol. The predicted molar refractivity (Wildman–Crippen MR) is 72.6 cm³/mol. The van der Waals surface area contributed by atoms with E-state index in [1.807, 2.05) is 0 Å². The number of epoxide rings is 1. The highest BCUT2D eigenvalue weighted by atomic mass is 28.3. The Bertz CT molecular complexity index is 217. The van der Waals surface area contributed by atoms with Gasteiger partial charge in [-0.2, -0.15) is 0 Å². The van der Waals surface area contributed by atoms with Crippen molar-refractivity contribution in [2.75, 3.05) is 0 Å². The summed E-state index contributed by atoms with van der Waals surface area (Å²) in [4.78, 5) is 0. The summed E-state index contributed by atoms with van der Waals surface area (Å²) in [5.41, 5.74) is 0. The molecular formula is C14H28OSi. The quantitative estimate of drug-likeness (QED) is 0.493. The maximum atomic E-state index is 5.63. The van der Waals surface area contributed by atoms with Gasteiger partial charge in [0.1, 0.15) is 0 Å². The normalized spacial score (nSPS) is 33.6. The molecule has 0 bridgehead atoms. The van der Waals surface area contributed by atoms with Gasteiger partial charge in [-0.3, -0.25) is 0 Å². The smallest absolute Gasteiger partial charge is 0.0844 e. The molecule has 1 heterocycles. The SMILES string of the molecule is CC[Si](CC)(CC)CCC1CCC2OC2C1. The van der Waals surface area contributed by atoms with E-state index in [4.69, 9.17) is 4.74 Å². The fourth-order valence-electron chi connectivity index (χ4n) is 3.54. The number of hydrogen-bond donors (Lipinski definition) is 0. The lowest BCUT2D eigenvalue weighted by molar-refractivity contribution is 0.357. The van der Waals surface area contributed by atoms with Crippen LogP contribution in [0.5, 0.6) is 0 Å². The minimum Gasteiger partial charge on any atom is -0.370 e. The Morgan fingerprint density at radius 3 is 2.25 bits per heavy atom. The van der Waals surface area contributed by atoms with Gasteiger partial charge in [0, 0.05) is 0 Å². The predicted octanol–water partition coefficient (Wildman–Crippen LogP) is 4.45. The van der Waals surface area contributed by atoms with E-state index in [1.165, 1.54) is 43.8 Å². The third-order valence-corrected chi connectivity index (χ3v) is 11.3. The molecule has 3 atom stereocenters. The molecule has 1 saturated carbocycles. The lowest BCUT2D eigenvalue weighted by Gasteiger charge is -2.30. The fraction of sp³-hybridized carbons (Fsp3) is 1.00. The van der Waals surface area contributed by atoms with E-state index >= 15 is 0 Å². The summed E-state index contributed by atoms with van der Waals surface area (Å²) in [5.74, 6) is 1.00. The van der Waals surface area contributed by atoms with Crippen LogP contribution in [0.2, 0.25) is 24.2 Å². The molecule has 0 N–H and O–H groups in total. The summed E-state index contributed by atoms with van der Waals surface area (Å²) in [6.07, 6.45) is 7.05. The fourth-order valence-corrected chi connectivity index (χ4v) is 7.12. The molecule has 16 heavy (non-hydrogen) atoms. The van der Waals surface area contributed by atoms with E-state index in [1.54, 1.807) is 6.04 Å². The zero-order chi connectivity index (χ0) is 11.6. The van der Waals surface area contributed by atoms with Crippen molar-refractivity contribution < 1.29 is 4.74 Å². The van der Waals surface area contributed by atoms with Gasteiger partial charge in [0.2, 0.25) is 0 Å². The van der Waals surface area contributed by atoms with Gasteiger partial charge < -0.3 is 4.74 Å². The largest absolute Gasteiger partial charge is 0.370 e. The van der Waals surface area contributed by atoms with Crippen molar-refractivity contribution in [3.8, 4) is 0 Å². The van der Waals surface area contributed by atoms with Crippen LogP contribution < -0.4 is 0 Å². The summed E-state index contributed by atoms with van der Waals surface area (Å²) < 4.78 is 5.63. The molecule has 0 aromatic rings. The molecule has 0 amide bonds. The topological polar surface area (TPSA) is 12.5 Å². The molecule has 94 valence electrons. The number of ether oxygens (including phenoxy) is 1. The van der Waals surface area contributed by atoms with Crippen LogP contribution in [-0.4, -0.2) is 20.3 Å². The Morgan fingerprint density at radius 1 is 1.00 bits per heavy atom. The first-order chi connectivity index (χ1) is 7.73. The van der Waals surface area contributed by atoms with Gasteiger partial charge in [0.25, 0.3) is 0 Å². The lowest BCUT2D eigenvalue weighted by atomic mass is 9.87. The first-order valence-corrected chi connectivity index (χ1v) is 10.2. The molecule has 0 spiro atoms. The second kappa shape index (κ2) is 5.22. The van der Waals surface area contributed by atoms with Gasteiger partial charge in [-0.05, 0) is 25.2 Å². The third kappa shape index (κ3) is 2.70. The molecule has 2 heteroatoms. The molecule has 3 unspecified atom stereocenters. The first kappa shape index (κ1) is 12.6. The molecule has 0 aromatic carbocycles. The van der Waals surface area contributed by atoms with Crippen LogP contribution in [0.4, 0.5) is 0 Å². The third-order valence-electron chi connectivity index (χ3n) is 5.45. The van der Waals surface area contributed by atoms with E-state index in [-0.39, 0.29) is 0 Å². The molecule has 2 aliphatic rings. The van der Waals surface area contributed by atoms with Gasteiger partial charge in [-0.15, -0.1) is 0 Å². The standard InChI is InChI=1S/C14H28OSi/c1-4-16(5-2,6-3)10-9-12-7-8-13-14(11-12)15-13/h12-14H,4-11H2,1-3H3. The van der Waals surface area contributed by atoms with Crippen molar-refractivity contribution in [1.82, 2.24) is 0 Å². The summed E-state index contributed by atoms with van der Waals surface area (Å²) in [6.45, 7) is 7.29. The molecule has 1 nitrogen and oxygen atoms in total. The maximum Gasteiger partial charge on any atom is 0.0844 e. The van der Waals surface area contributed by atoms with Gasteiger partial charge in [-0.1, -0.05) is 51.4 Å². The number of hydrogen-bond acceptors (Lipinski definition) is 1. The lowest BCUT2D eigenvalue weighted by Crippen LogP contribution is -2.32. The summed E-state index contributed by atoms with van der Waals surface area (Å²) >= 11 is 0. The van der Waals surface area contributed by atoms with Crippen LogP contribution in [0.25, 0.3) is 0 Å². The number of rotatable bonds is 6. The van der Waals surface area contributed by atoms with Crippen molar-refractivity contribution in [3.05, 3.63) is 0 Å². The molecule has 1 aliphatic carbocycles. The Morgan fingerprint density at radius 2 is 1.69 bits per heavy atom. The minimum absolute atomic E-state index is 0.680. The Hall–Kier alpha value is 0.177. The van der Waals surface area contributed by atoms with E-state index in [2.05, 4.69) is 20.8 Å². The van der Waals surface area contributed by atoms with Crippen molar-refractivity contribution in [3.63, 3.8) is 0 Å². The van der Waals surface area contributed by atoms with Crippen LogP contribution in [0.15, 0.2) is 0 Å². The molecule has 0 radical (unpaired) electrons. The zero-order valence-corrected chi connectivity index (χ0v) is 12.3. The van der Waals surface area contributed by atoms with Crippen LogP contribution in [0.3, 0.4) is 0 Å². The van der Waals surface area contributed by atoms with Crippen LogP contribution in [0, 0.1) is 5.92 Å². The van der Waals surface area contributed by atoms with Crippen molar-refractivity contribution in [2.24, 2.45) is 5.92 Å². The Kier molecular flexibility index (Phi) is 4.12. The highest BCUT2D eigenvalue weighted by Gasteiger charge is 2.43. The second-order valence-corrected chi connectivity index (χ2v) is 11.6. The van der Waals surface area contributed by atoms with Crippen LogP contribution in [0.1, 0.15) is 46.5 Å². The van der Waals surface area contributed by atoms with E-state index in [9.17, 15) is 0 Å². The molecule has 2 rings (SSSR count). The average Bonchev–Trinajstić information content (AvgIpc) is 3.10. The highest BCUT2D eigenvalue weighted by molar-refractivity contribution is 6.79. The minimum atomic E-state index is -0.851. The maximum absolute atomic E-state index is 5.63. The van der Waals surface area contributed by atoms with Crippen molar-refractivity contribution in [2.45, 2.75) is 82.8 Å². The van der Waals surface area contributed by atoms with Crippen molar-refractivity contribution >= 4 is 8.07 Å². The molecule has 0 aromatic heterocycles. The van der Waals surface area contributed by atoms with Gasteiger partial charge in [0.15, 0.2) is 0 Å². The molecule has 2 fully saturated rings. The molecule has 1 aliphatic heterocycles. The highest BCUT2D eigenvalue weighted by Crippen LogP contribution is 2.42. The summed E-state index contributed by atoms with van der Waals surface area (Å²) in [5, 5.41) is 0. The van der Waals surface area contributed by atoms with Gasteiger partial charge in [-0.25, -0.2) is 0 Å². The molecule has 1 saturated heterocycles. The van der Waals surface area contributed by atoms with Gasteiger partial charge >= 0.3 is 0 Å². The average molecular weight is 240 g/mol. The van der Waals surface area contributed by atoms with E-state index in [0.717, 1.165) is 5.92 Å². The van der Waals surface area contributed by atoms with Crippen LogP contribution in [-0.2, 0) is 4.74 Å². The Labute approximate surface area is 102 Å². The summed E-state index contributed by atoms with van der Waals surface area (Å²) in [6, 6.07) is 6.07. The second-order valence-electron chi connectivity index (χ2n) is 5.99.